The molecule has 72 heavy (non-hydrogen) atoms. The molecule has 15 heteroatoms. The highest BCUT2D eigenvalue weighted by Gasteiger charge is 2.38. The number of hydrogen-bond donors (Lipinski definition) is 0. The molecule has 0 spiro atoms. The number of alkyl halides is 12. The van der Waals surface area contributed by atoms with Gasteiger partial charge in [-0.3, -0.25) is 0 Å². The van der Waals surface area contributed by atoms with Gasteiger partial charge in [-0.15, -0.1) is 0 Å². The molecule has 0 fully saturated rings. The second-order valence-corrected chi connectivity index (χ2v) is 19.2. The first-order valence-electron chi connectivity index (χ1n) is 22.0. The van der Waals surface area contributed by atoms with E-state index in [2.05, 4.69) is 41.5 Å². The van der Waals surface area contributed by atoms with Crippen molar-refractivity contribution >= 4 is 59.5 Å². The third kappa shape index (κ3) is 10.8. The lowest BCUT2D eigenvalue weighted by molar-refractivity contribution is -0.138. The monoisotopic (exact) mass is 1010 g/mol. The van der Waals surface area contributed by atoms with Crippen molar-refractivity contribution in [1.29, 1.82) is 0 Å². The average molecular weight is 1010 g/mol. The third-order valence-electron chi connectivity index (χ3n) is 12.4. The van der Waals surface area contributed by atoms with Gasteiger partial charge in [-0.05, 0) is 57.8 Å². The van der Waals surface area contributed by atoms with Gasteiger partial charge in [0.05, 0.1) is 22.3 Å². The maximum absolute atomic E-state index is 14.4. The van der Waals surface area contributed by atoms with Gasteiger partial charge in [0, 0.05) is 11.1 Å². The molecular weight excluding hydrogens is 971 g/mol. The van der Waals surface area contributed by atoms with Gasteiger partial charge in [0.25, 0.3) is 0 Å². The number of benzene rings is 9. The first kappa shape index (κ1) is 50.8. The van der Waals surface area contributed by atoms with E-state index in [1.165, 1.54) is 0 Å². The van der Waals surface area contributed by atoms with E-state index in [0.29, 0.717) is 54.3 Å². The van der Waals surface area contributed by atoms with E-state index in [4.69, 9.17) is 0 Å². The van der Waals surface area contributed by atoms with Crippen LogP contribution < -0.4 is 21.9 Å². The van der Waals surface area contributed by atoms with Crippen molar-refractivity contribution in [2.24, 2.45) is 0 Å². The van der Waals surface area contributed by atoms with Crippen LogP contribution in [0.3, 0.4) is 0 Å². The van der Waals surface area contributed by atoms with Crippen LogP contribution in [0.15, 0.2) is 217 Å². The van der Waals surface area contributed by atoms with Gasteiger partial charge in [-0.1, -0.05) is 186 Å². The summed E-state index contributed by atoms with van der Waals surface area (Å²) in [6.07, 6.45) is -22.0. The zero-order chi connectivity index (χ0) is 51.5. The molecule has 364 valence electrons. The molecule has 0 aromatic heterocycles. The molecule has 0 amide bonds. The summed E-state index contributed by atoms with van der Waals surface area (Å²) in [6.45, 7) is 0. The largest absolute Gasteiger partial charge is 0.416 e. The van der Waals surface area contributed by atoms with E-state index in [9.17, 15) is 56.9 Å². The van der Waals surface area contributed by atoms with Gasteiger partial charge in [0.2, 0.25) is 0 Å². The predicted molar refractivity (Wildman–Crippen MR) is 261 cm³/mol. The van der Waals surface area contributed by atoms with E-state index < -0.39 is 63.0 Å². The zero-order valence-corrected chi connectivity index (χ0v) is 38.2. The van der Waals surface area contributed by atoms with Crippen LogP contribution in [0.5, 0.6) is 0 Å². The Morgan fingerprint density at radius 1 is 0.375 bits per heavy atom. The van der Waals surface area contributed by atoms with Crippen molar-refractivity contribution in [2.45, 2.75) is 35.4 Å². The highest BCUT2D eigenvalue weighted by atomic mass is 32.2. The van der Waals surface area contributed by atoms with Crippen LogP contribution in [-0.2, 0) is 44.6 Å². The Morgan fingerprint density at radius 2 is 0.681 bits per heavy atom. The molecular formula is C57H37BF12OS. The van der Waals surface area contributed by atoms with Crippen LogP contribution in [0.4, 0.5) is 52.7 Å². The molecule has 0 radical (unpaired) electrons. The van der Waals surface area contributed by atoms with Gasteiger partial charge in [-0.25, -0.2) is 0 Å². The van der Waals surface area contributed by atoms with Crippen molar-refractivity contribution in [2.75, 3.05) is 0 Å². The summed E-state index contributed by atoms with van der Waals surface area (Å²) in [5, 5.41) is 7.76. The second-order valence-electron chi connectivity index (χ2n) is 16.9. The SMILES string of the molecule is FC(F)(F)c1ccc([B-](c2ccc(C(F)(F)F)cc2)(c2ccc(C(F)(F)F)cc2)c2ccc(C(F)(F)F)cc2)cc1.O=[S+](C#Cc1ccccc1)(Cc1c2ccccc2cc2ccccc12)c1ccccc1. The lowest BCUT2D eigenvalue weighted by atomic mass is 9.13. The summed E-state index contributed by atoms with van der Waals surface area (Å²) in [6, 6.07) is 51.8. The van der Waals surface area contributed by atoms with Gasteiger partial charge < -0.3 is 0 Å². The molecule has 1 nitrogen and oxygen atoms in total. The molecule has 0 aliphatic heterocycles. The summed E-state index contributed by atoms with van der Waals surface area (Å²) in [5.41, 5.74) is -2.34. The molecule has 0 aliphatic carbocycles. The van der Waals surface area contributed by atoms with E-state index >= 15 is 0 Å². The molecule has 1 unspecified atom stereocenters. The first-order chi connectivity index (χ1) is 34.1. The fourth-order valence-electron chi connectivity index (χ4n) is 8.95. The Hall–Kier alpha value is -7.57. The van der Waals surface area contributed by atoms with Crippen molar-refractivity contribution < 1.29 is 56.9 Å². The molecule has 0 aliphatic rings. The lowest BCUT2D eigenvalue weighted by Gasteiger charge is -2.44. The molecule has 9 rings (SSSR count). The normalized spacial score (nSPS) is 13.1. The minimum Gasteiger partial charge on any atom is -0.195 e. The number of hydrogen-bond acceptors (Lipinski definition) is 1. The van der Waals surface area contributed by atoms with Crippen LogP contribution in [0.1, 0.15) is 33.4 Å². The molecule has 0 saturated carbocycles. The summed E-state index contributed by atoms with van der Waals surface area (Å²) in [5.74, 6) is 3.55. The van der Waals surface area contributed by atoms with Gasteiger partial charge in [0.1, 0.15) is 6.15 Å². The lowest BCUT2D eigenvalue weighted by Crippen LogP contribution is -2.74. The van der Waals surface area contributed by atoms with Gasteiger partial charge >= 0.3 is 24.7 Å². The molecule has 0 heterocycles. The van der Waals surface area contributed by atoms with Gasteiger partial charge in [0.15, 0.2) is 25.8 Å². The smallest absolute Gasteiger partial charge is 0.195 e. The Labute approximate surface area is 407 Å². The Bertz CT molecular complexity index is 3140. The zero-order valence-electron chi connectivity index (χ0n) is 37.3. The second kappa shape index (κ2) is 19.9. The van der Waals surface area contributed by atoms with E-state index in [1.807, 2.05) is 84.9 Å². The van der Waals surface area contributed by atoms with E-state index in [1.54, 1.807) is 0 Å². The van der Waals surface area contributed by atoms with Crippen molar-refractivity contribution in [3.05, 3.63) is 246 Å². The quantitative estimate of drug-likeness (QED) is 0.0511. The summed E-state index contributed by atoms with van der Waals surface area (Å²) < 4.78 is 175. The molecule has 9 aromatic rings. The summed E-state index contributed by atoms with van der Waals surface area (Å²) in [7, 11) is -2.66. The molecule has 0 N–H and O–H groups in total. The average Bonchev–Trinajstić information content (AvgIpc) is 3.36. The first-order valence-corrected chi connectivity index (χ1v) is 23.7. The molecule has 0 saturated heterocycles. The minimum absolute atomic E-state index is 0.0114. The minimum atomic E-state index is -4.77. The maximum atomic E-state index is 14.4. The van der Waals surface area contributed by atoms with Gasteiger partial charge in [-0.2, -0.15) is 74.5 Å². The Kier molecular flexibility index (Phi) is 14.1. The highest BCUT2D eigenvalue weighted by molar-refractivity contribution is 8.06. The summed E-state index contributed by atoms with van der Waals surface area (Å²) >= 11 is 0. The van der Waals surface area contributed by atoms with Crippen LogP contribution in [0.25, 0.3) is 21.5 Å². The van der Waals surface area contributed by atoms with Crippen molar-refractivity contribution in [1.82, 2.24) is 0 Å². The summed E-state index contributed by atoms with van der Waals surface area (Å²) in [4.78, 5) is 0.774. The third-order valence-corrected chi connectivity index (χ3v) is 14.6. The van der Waals surface area contributed by atoms with E-state index in [-0.39, 0.29) is 21.9 Å². The van der Waals surface area contributed by atoms with E-state index in [0.717, 1.165) is 86.1 Å². The van der Waals surface area contributed by atoms with Crippen LogP contribution in [0.2, 0.25) is 0 Å². The van der Waals surface area contributed by atoms with Crippen molar-refractivity contribution in [3.63, 3.8) is 0 Å². The van der Waals surface area contributed by atoms with Crippen LogP contribution in [0, 0.1) is 11.2 Å². The predicted octanol–water partition coefficient (Wildman–Crippen LogP) is 14.2. The highest BCUT2D eigenvalue weighted by Crippen LogP contribution is 2.36. The maximum Gasteiger partial charge on any atom is 0.416 e. The topological polar surface area (TPSA) is 17.1 Å². The molecule has 0 bridgehead atoms. The molecule has 9 aromatic carbocycles. The van der Waals surface area contributed by atoms with Crippen LogP contribution in [-0.4, -0.2) is 6.15 Å². The molecule has 1 atom stereocenters. The number of rotatable bonds is 7. The fraction of sp³-hybridized carbons (Fsp3) is 0.0877. The standard InChI is InChI=1S/C29H21OS.C28H16BF12/c30-31(26-15-5-2-6-16-26,20-19-23-11-3-1-4-12-23)22-29-27-17-9-7-13-24(27)21-25-14-8-10-18-28(25)29;30-25(31,32)17-1-9-21(10-2-17)29(22-11-3-18(4-12-22)26(33,34)35,23-13-5-19(6-14-23)27(36,37)38)24-15-7-20(8-16-24)28(39,40)41/h1-18,21H,22H2;1-16H/q+1;-1. The number of fused-ring (bicyclic) bond motifs is 2. The van der Waals surface area contributed by atoms with Crippen LogP contribution >= 0.6 is 0 Å². The fourth-order valence-corrected chi connectivity index (χ4v) is 10.9. The Morgan fingerprint density at radius 3 is 1.01 bits per heavy atom. The van der Waals surface area contributed by atoms with Crippen molar-refractivity contribution in [3.8, 4) is 11.2 Å². The number of halogens is 12. The Balaban J connectivity index is 0.000000200.